The Bertz CT molecular complexity index is 493. The molecule has 1 aromatic rings. The predicted molar refractivity (Wildman–Crippen MR) is 84.7 cm³/mol. The quantitative estimate of drug-likeness (QED) is 0.814. The van der Waals surface area contributed by atoms with Crippen molar-refractivity contribution in [3.63, 3.8) is 0 Å². The van der Waals surface area contributed by atoms with Gasteiger partial charge in [0.2, 0.25) is 0 Å². The summed E-state index contributed by atoms with van der Waals surface area (Å²) in [7, 11) is 0. The molecule has 0 spiro atoms. The highest BCUT2D eigenvalue weighted by atomic mass is 35.5. The zero-order chi connectivity index (χ0) is 14.8. The Hall–Kier alpha value is -0.730. The molecule has 1 aliphatic rings. The fourth-order valence-electron chi connectivity index (χ4n) is 2.74. The fourth-order valence-corrected chi connectivity index (χ4v) is 3.28. The second-order valence-electron chi connectivity index (χ2n) is 5.99. The lowest BCUT2D eigenvalue weighted by Crippen LogP contribution is -2.52. The molecule has 2 nitrogen and oxygen atoms in total. The second-order valence-corrected chi connectivity index (χ2v) is 6.63. The van der Waals surface area contributed by atoms with Crippen LogP contribution in [0.1, 0.15) is 48.5 Å². The molecule has 0 atom stereocenters. The second kappa shape index (κ2) is 6.36. The molecule has 1 aliphatic carbocycles. The van der Waals surface area contributed by atoms with Crippen molar-refractivity contribution in [1.82, 2.24) is 5.32 Å². The minimum atomic E-state index is -0.280. The van der Waals surface area contributed by atoms with Gasteiger partial charge in [0.25, 0.3) is 5.91 Å². The van der Waals surface area contributed by atoms with E-state index in [9.17, 15) is 4.79 Å². The summed E-state index contributed by atoms with van der Waals surface area (Å²) < 4.78 is 0. The number of nitrogens with one attached hydrogen (secondary N) is 1. The number of rotatable bonds is 3. The van der Waals surface area contributed by atoms with Crippen LogP contribution in [0.25, 0.3) is 0 Å². The molecule has 20 heavy (non-hydrogen) atoms. The SMILES string of the molecule is Cc1cccc(C(=O)NC2(CCl)CCC(C)CC2)c1Cl. The normalized spacial score (nSPS) is 26.3. The van der Waals surface area contributed by atoms with Gasteiger partial charge in [-0.25, -0.2) is 0 Å². The molecule has 1 N–H and O–H groups in total. The van der Waals surface area contributed by atoms with E-state index in [0.29, 0.717) is 22.4 Å². The molecule has 0 saturated heterocycles. The summed E-state index contributed by atoms with van der Waals surface area (Å²) >= 11 is 12.4. The van der Waals surface area contributed by atoms with E-state index in [1.807, 2.05) is 19.1 Å². The number of amides is 1. The van der Waals surface area contributed by atoms with Gasteiger partial charge in [0.15, 0.2) is 0 Å². The highest BCUT2D eigenvalue weighted by molar-refractivity contribution is 6.34. The zero-order valence-electron chi connectivity index (χ0n) is 12.0. The third-order valence-electron chi connectivity index (χ3n) is 4.30. The minimum absolute atomic E-state index is 0.117. The van der Waals surface area contributed by atoms with Crippen molar-refractivity contribution < 1.29 is 4.79 Å². The lowest BCUT2D eigenvalue weighted by atomic mass is 9.78. The van der Waals surface area contributed by atoms with Crippen molar-refractivity contribution in [2.24, 2.45) is 5.92 Å². The molecule has 0 aromatic heterocycles. The first-order chi connectivity index (χ1) is 9.47. The molecule has 0 radical (unpaired) electrons. The van der Waals surface area contributed by atoms with Crippen LogP contribution >= 0.6 is 23.2 Å². The Morgan fingerprint density at radius 2 is 2.05 bits per heavy atom. The maximum absolute atomic E-state index is 12.5. The molecule has 0 heterocycles. The van der Waals surface area contributed by atoms with Crippen LogP contribution in [0.4, 0.5) is 0 Å². The molecular formula is C16H21Cl2NO. The van der Waals surface area contributed by atoms with Crippen molar-refractivity contribution in [2.75, 3.05) is 5.88 Å². The lowest BCUT2D eigenvalue weighted by molar-refractivity contribution is 0.0872. The molecule has 0 aliphatic heterocycles. The van der Waals surface area contributed by atoms with Crippen LogP contribution in [-0.2, 0) is 0 Å². The van der Waals surface area contributed by atoms with Crippen LogP contribution < -0.4 is 5.32 Å². The van der Waals surface area contributed by atoms with E-state index in [4.69, 9.17) is 23.2 Å². The highest BCUT2D eigenvalue weighted by Crippen LogP contribution is 2.33. The Morgan fingerprint density at radius 3 is 2.65 bits per heavy atom. The zero-order valence-corrected chi connectivity index (χ0v) is 13.5. The van der Waals surface area contributed by atoms with Crippen LogP contribution in [-0.4, -0.2) is 17.3 Å². The third-order valence-corrected chi connectivity index (χ3v) is 5.32. The molecule has 1 saturated carbocycles. The molecule has 2 rings (SSSR count). The Kier molecular flexibility index (Phi) is 4.98. The first-order valence-electron chi connectivity index (χ1n) is 7.11. The van der Waals surface area contributed by atoms with Crippen molar-refractivity contribution in [3.8, 4) is 0 Å². The van der Waals surface area contributed by atoms with Crippen LogP contribution in [0.5, 0.6) is 0 Å². The summed E-state index contributed by atoms with van der Waals surface area (Å²) in [4.78, 5) is 12.5. The number of benzene rings is 1. The minimum Gasteiger partial charge on any atom is -0.345 e. The number of halogens is 2. The molecule has 4 heteroatoms. The van der Waals surface area contributed by atoms with E-state index in [1.54, 1.807) is 6.07 Å². The monoisotopic (exact) mass is 313 g/mol. The number of hydrogen-bond acceptors (Lipinski definition) is 1. The van der Waals surface area contributed by atoms with Crippen molar-refractivity contribution in [1.29, 1.82) is 0 Å². The van der Waals surface area contributed by atoms with Crippen molar-refractivity contribution >= 4 is 29.1 Å². The first-order valence-corrected chi connectivity index (χ1v) is 8.02. The topological polar surface area (TPSA) is 29.1 Å². The average molecular weight is 314 g/mol. The lowest BCUT2D eigenvalue weighted by Gasteiger charge is -2.38. The van der Waals surface area contributed by atoms with Gasteiger partial charge in [0.05, 0.1) is 16.1 Å². The smallest absolute Gasteiger partial charge is 0.253 e. The van der Waals surface area contributed by atoms with E-state index in [0.717, 1.165) is 31.2 Å². The number of carbonyl (C=O) groups excluding carboxylic acids is 1. The van der Waals surface area contributed by atoms with E-state index < -0.39 is 0 Å². The van der Waals surface area contributed by atoms with Crippen LogP contribution in [0.15, 0.2) is 18.2 Å². The molecule has 1 aromatic carbocycles. The third kappa shape index (κ3) is 3.29. The Balaban J connectivity index is 2.15. The van der Waals surface area contributed by atoms with Gasteiger partial charge in [-0.1, -0.05) is 30.7 Å². The van der Waals surface area contributed by atoms with E-state index in [2.05, 4.69) is 12.2 Å². The molecular weight excluding hydrogens is 293 g/mol. The molecule has 1 amide bonds. The van der Waals surface area contributed by atoms with Crippen molar-refractivity contribution in [2.45, 2.75) is 45.1 Å². The number of aryl methyl sites for hydroxylation is 1. The highest BCUT2D eigenvalue weighted by Gasteiger charge is 2.35. The number of alkyl halides is 1. The van der Waals surface area contributed by atoms with E-state index >= 15 is 0 Å². The summed E-state index contributed by atoms with van der Waals surface area (Å²) in [5.74, 6) is 1.05. The summed E-state index contributed by atoms with van der Waals surface area (Å²) in [5.41, 5.74) is 1.17. The van der Waals surface area contributed by atoms with Crippen LogP contribution in [0.2, 0.25) is 5.02 Å². The van der Waals surface area contributed by atoms with Gasteiger partial charge in [-0.2, -0.15) is 0 Å². The largest absolute Gasteiger partial charge is 0.345 e. The van der Waals surface area contributed by atoms with Gasteiger partial charge in [-0.3, -0.25) is 4.79 Å². The van der Waals surface area contributed by atoms with Crippen LogP contribution in [0.3, 0.4) is 0 Å². The Morgan fingerprint density at radius 1 is 1.40 bits per heavy atom. The van der Waals surface area contributed by atoms with Gasteiger partial charge in [-0.15, -0.1) is 11.6 Å². The molecule has 1 fully saturated rings. The number of hydrogen-bond donors (Lipinski definition) is 1. The number of carbonyl (C=O) groups is 1. The first kappa shape index (κ1) is 15.7. The predicted octanol–water partition coefficient (Wildman–Crippen LogP) is 4.57. The van der Waals surface area contributed by atoms with Gasteiger partial charge < -0.3 is 5.32 Å². The van der Waals surface area contributed by atoms with Crippen LogP contribution in [0, 0.1) is 12.8 Å². The summed E-state index contributed by atoms with van der Waals surface area (Å²) in [6.07, 6.45) is 4.09. The van der Waals surface area contributed by atoms with Gasteiger partial charge in [0.1, 0.15) is 0 Å². The van der Waals surface area contributed by atoms with E-state index in [1.165, 1.54) is 0 Å². The maximum Gasteiger partial charge on any atom is 0.253 e. The maximum atomic E-state index is 12.5. The fraction of sp³-hybridized carbons (Fsp3) is 0.562. The summed E-state index contributed by atoms with van der Waals surface area (Å²) in [6.45, 7) is 4.15. The van der Waals surface area contributed by atoms with Crippen molar-refractivity contribution in [3.05, 3.63) is 34.3 Å². The Labute approximate surface area is 130 Å². The van der Waals surface area contributed by atoms with E-state index in [-0.39, 0.29) is 11.4 Å². The summed E-state index contributed by atoms with van der Waals surface area (Å²) in [5, 5.41) is 3.66. The standard InChI is InChI=1S/C16H21Cl2NO/c1-11-6-8-16(10-17,9-7-11)19-15(20)13-5-3-4-12(2)14(13)18/h3-5,11H,6-10H2,1-2H3,(H,19,20). The molecule has 110 valence electrons. The average Bonchev–Trinajstić information content (AvgIpc) is 2.44. The van der Waals surface area contributed by atoms with Gasteiger partial charge in [0, 0.05) is 5.88 Å². The van der Waals surface area contributed by atoms with Gasteiger partial charge >= 0.3 is 0 Å². The molecule has 0 bridgehead atoms. The van der Waals surface area contributed by atoms with Gasteiger partial charge in [-0.05, 0) is 50.2 Å². The molecule has 0 unspecified atom stereocenters. The summed E-state index contributed by atoms with van der Waals surface area (Å²) in [6, 6.07) is 5.52.